The van der Waals surface area contributed by atoms with Gasteiger partial charge in [-0.25, -0.2) is 0 Å². The smallest absolute Gasteiger partial charge is 0.282 e. The van der Waals surface area contributed by atoms with Gasteiger partial charge < -0.3 is 5.32 Å². The molecule has 6 nitrogen and oxygen atoms in total. The van der Waals surface area contributed by atoms with Crippen molar-refractivity contribution in [1.82, 2.24) is 18.8 Å². The van der Waals surface area contributed by atoms with Crippen LogP contribution < -0.4 is 5.32 Å². The third kappa shape index (κ3) is 2.80. The summed E-state index contributed by atoms with van der Waals surface area (Å²) in [5.41, 5.74) is 0. The average Bonchev–Trinajstić information content (AvgIpc) is 3.10. The molecule has 0 aromatic carbocycles. The number of likely N-dealkylation sites (tertiary alicyclic amines) is 1. The number of nitrogens with one attached hydrogen (secondary N) is 1. The molecule has 0 aromatic rings. The number of hydrogen-bond acceptors (Lipinski definition) is 4. The summed E-state index contributed by atoms with van der Waals surface area (Å²) in [5.74, 6) is 0. The largest absolute Gasteiger partial charge is 0.314 e. The van der Waals surface area contributed by atoms with Gasteiger partial charge in [0.05, 0.1) is 0 Å². The Morgan fingerprint density at radius 2 is 1.58 bits per heavy atom. The zero-order chi connectivity index (χ0) is 13.3. The highest BCUT2D eigenvalue weighted by molar-refractivity contribution is 7.86. The van der Waals surface area contributed by atoms with Crippen molar-refractivity contribution in [3.63, 3.8) is 0 Å². The molecule has 3 aliphatic rings. The van der Waals surface area contributed by atoms with Crippen LogP contribution in [-0.2, 0) is 10.2 Å². The normalized spacial score (nSPS) is 32.1. The van der Waals surface area contributed by atoms with Crippen molar-refractivity contribution in [2.45, 2.75) is 25.3 Å². The van der Waals surface area contributed by atoms with E-state index in [1.54, 1.807) is 8.61 Å². The summed E-state index contributed by atoms with van der Waals surface area (Å²) in [6.07, 6.45) is 3.52. The maximum Gasteiger partial charge on any atom is 0.282 e. The topological polar surface area (TPSA) is 55.9 Å². The van der Waals surface area contributed by atoms with Gasteiger partial charge in [0.15, 0.2) is 0 Å². The predicted molar refractivity (Wildman–Crippen MR) is 74.1 cm³/mol. The van der Waals surface area contributed by atoms with Gasteiger partial charge in [0.1, 0.15) is 0 Å². The van der Waals surface area contributed by atoms with Crippen LogP contribution in [-0.4, -0.2) is 80.3 Å². The zero-order valence-electron chi connectivity index (χ0n) is 11.4. The van der Waals surface area contributed by atoms with Crippen LogP contribution in [0.3, 0.4) is 0 Å². The van der Waals surface area contributed by atoms with Crippen LogP contribution >= 0.6 is 0 Å². The van der Waals surface area contributed by atoms with Gasteiger partial charge in [0.25, 0.3) is 10.2 Å². The van der Waals surface area contributed by atoms with Crippen molar-refractivity contribution < 1.29 is 8.42 Å². The molecule has 1 N–H and O–H groups in total. The van der Waals surface area contributed by atoms with Crippen molar-refractivity contribution in [1.29, 1.82) is 0 Å². The molecule has 0 aliphatic carbocycles. The lowest BCUT2D eigenvalue weighted by molar-refractivity contribution is 0.247. The lowest BCUT2D eigenvalue weighted by Crippen LogP contribution is -2.51. The molecule has 19 heavy (non-hydrogen) atoms. The summed E-state index contributed by atoms with van der Waals surface area (Å²) < 4.78 is 28.4. The van der Waals surface area contributed by atoms with Crippen LogP contribution in [0, 0.1) is 0 Å². The predicted octanol–water partition coefficient (Wildman–Crippen LogP) is -0.693. The van der Waals surface area contributed by atoms with Crippen molar-refractivity contribution in [2.24, 2.45) is 0 Å². The van der Waals surface area contributed by atoms with Crippen molar-refractivity contribution in [3.8, 4) is 0 Å². The van der Waals surface area contributed by atoms with Crippen LogP contribution in [0.5, 0.6) is 0 Å². The van der Waals surface area contributed by atoms with E-state index in [9.17, 15) is 8.42 Å². The van der Waals surface area contributed by atoms with Crippen LogP contribution in [0.15, 0.2) is 0 Å². The summed E-state index contributed by atoms with van der Waals surface area (Å²) in [5, 5.41) is 3.20. The highest BCUT2D eigenvalue weighted by Crippen LogP contribution is 2.23. The SMILES string of the molecule is O=S(=O)(N1CCNCC1)N1CCC(N2CCCC2)C1. The molecular weight excluding hydrogens is 264 g/mol. The van der Waals surface area contributed by atoms with Crippen molar-refractivity contribution in [2.75, 3.05) is 52.4 Å². The molecule has 0 radical (unpaired) electrons. The first-order valence-corrected chi connectivity index (χ1v) is 8.77. The minimum Gasteiger partial charge on any atom is -0.314 e. The van der Waals surface area contributed by atoms with Gasteiger partial charge in [-0.15, -0.1) is 0 Å². The van der Waals surface area contributed by atoms with Gasteiger partial charge in [-0.2, -0.15) is 17.0 Å². The summed E-state index contributed by atoms with van der Waals surface area (Å²) in [6, 6.07) is 0.445. The van der Waals surface area contributed by atoms with Gasteiger partial charge >= 0.3 is 0 Å². The number of nitrogens with zero attached hydrogens (tertiary/aromatic N) is 3. The average molecular weight is 288 g/mol. The zero-order valence-corrected chi connectivity index (χ0v) is 12.2. The Morgan fingerprint density at radius 3 is 2.26 bits per heavy atom. The summed E-state index contributed by atoms with van der Waals surface area (Å²) in [4.78, 5) is 2.47. The standard InChI is InChI=1S/C12H24N4O2S/c17-19(18,15-9-4-13-5-10-15)16-8-3-12(11-16)14-6-1-2-7-14/h12-13H,1-11H2. The molecule has 3 rings (SSSR count). The quantitative estimate of drug-likeness (QED) is 0.747. The second-order valence-corrected chi connectivity index (χ2v) is 7.63. The van der Waals surface area contributed by atoms with E-state index in [1.807, 2.05) is 0 Å². The molecule has 0 aromatic heterocycles. The van der Waals surface area contributed by atoms with E-state index in [0.29, 0.717) is 32.2 Å². The Kier molecular flexibility index (Phi) is 4.09. The maximum atomic E-state index is 12.6. The molecule has 0 saturated carbocycles. The molecule has 0 spiro atoms. The fourth-order valence-corrected chi connectivity index (χ4v) is 5.03. The summed E-state index contributed by atoms with van der Waals surface area (Å²) >= 11 is 0. The minimum absolute atomic E-state index is 0.445. The highest BCUT2D eigenvalue weighted by atomic mass is 32.2. The van der Waals surface area contributed by atoms with Crippen molar-refractivity contribution >= 4 is 10.2 Å². The van der Waals surface area contributed by atoms with E-state index in [1.165, 1.54) is 12.8 Å². The Hall–Kier alpha value is -0.210. The molecule has 3 fully saturated rings. The lowest BCUT2D eigenvalue weighted by Gasteiger charge is -2.31. The van der Waals surface area contributed by atoms with E-state index in [0.717, 1.165) is 32.6 Å². The van der Waals surface area contributed by atoms with E-state index < -0.39 is 10.2 Å². The van der Waals surface area contributed by atoms with Crippen LogP contribution in [0.2, 0.25) is 0 Å². The second kappa shape index (κ2) is 5.65. The molecule has 0 amide bonds. The van der Waals surface area contributed by atoms with Gasteiger partial charge in [0.2, 0.25) is 0 Å². The highest BCUT2D eigenvalue weighted by Gasteiger charge is 2.38. The lowest BCUT2D eigenvalue weighted by atomic mass is 10.2. The van der Waals surface area contributed by atoms with E-state index in [2.05, 4.69) is 10.2 Å². The molecule has 1 unspecified atom stereocenters. The van der Waals surface area contributed by atoms with E-state index >= 15 is 0 Å². The van der Waals surface area contributed by atoms with E-state index in [-0.39, 0.29) is 0 Å². The molecule has 3 heterocycles. The molecular formula is C12H24N4O2S. The molecule has 3 saturated heterocycles. The third-order valence-corrected chi connectivity index (χ3v) is 6.51. The first-order chi connectivity index (χ1) is 9.18. The van der Waals surface area contributed by atoms with E-state index in [4.69, 9.17) is 0 Å². The number of hydrogen-bond donors (Lipinski definition) is 1. The Balaban J connectivity index is 1.62. The maximum absolute atomic E-state index is 12.6. The Labute approximate surface area is 115 Å². The number of piperazine rings is 1. The third-order valence-electron chi connectivity index (χ3n) is 4.51. The second-order valence-electron chi connectivity index (χ2n) is 5.70. The van der Waals surface area contributed by atoms with Crippen LogP contribution in [0.4, 0.5) is 0 Å². The molecule has 3 aliphatic heterocycles. The first-order valence-electron chi connectivity index (χ1n) is 7.38. The summed E-state index contributed by atoms with van der Waals surface area (Å²) in [7, 11) is -3.22. The molecule has 0 bridgehead atoms. The monoisotopic (exact) mass is 288 g/mol. The molecule has 1 atom stereocenters. The fraction of sp³-hybridized carbons (Fsp3) is 1.00. The van der Waals surface area contributed by atoms with Gasteiger partial charge in [-0.05, 0) is 32.4 Å². The van der Waals surface area contributed by atoms with Crippen LogP contribution in [0.25, 0.3) is 0 Å². The minimum atomic E-state index is -3.22. The Bertz CT molecular complexity index is 402. The molecule has 7 heteroatoms. The Morgan fingerprint density at radius 1 is 0.895 bits per heavy atom. The molecule has 110 valence electrons. The van der Waals surface area contributed by atoms with Gasteiger partial charge in [-0.3, -0.25) is 4.90 Å². The van der Waals surface area contributed by atoms with Crippen LogP contribution in [0.1, 0.15) is 19.3 Å². The fourth-order valence-electron chi connectivity index (χ4n) is 3.36. The summed E-state index contributed by atoms with van der Waals surface area (Å²) in [6.45, 7) is 6.41. The van der Waals surface area contributed by atoms with Gasteiger partial charge in [-0.1, -0.05) is 0 Å². The van der Waals surface area contributed by atoms with Crippen molar-refractivity contribution in [3.05, 3.63) is 0 Å². The number of rotatable bonds is 3. The first kappa shape index (κ1) is 13.8. The van der Waals surface area contributed by atoms with Gasteiger partial charge in [0, 0.05) is 45.3 Å².